The molecule has 1 fully saturated rings. The molecule has 4 nitrogen and oxygen atoms in total. The molecule has 0 bridgehead atoms. The van der Waals surface area contributed by atoms with E-state index in [0.717, 1.165) is 43.9 Å². The highest BCUT2D eigenvalue weighted by Crippen LogP contribution is 2.12. The molecule has 0 saturated carbocycles. The number of rotatable bonds is 3. The molecule has 0 atom stereocenters. The number of piperazine rings is 1. The van der Waals surface area contributed by atoms with Crippen molar-refractivity contribution < 1.29 is 0 Å². The van der Waals surface area contributed by atoms with Crippen LogP contribution in [0.25, 0.3) is 0 Å². The van der Waals surface area contributed by atoms with E-state index in [4.69, 9.17) is 0 Å². The number of likely N-dealkylation sites (N-methyl/N-ethyl adjacent to an activating group) is 1. The summed E-state index contributed by atoms with van der Waals surface area (Å²) in [5.74, 6) is 1.17. The summed E-state index contributed by atoms with van der Waals surface area (Å²) in [6, 6.07) is 0. The Hall–Kier alpha value is -0.390. The van der Waals surface area contributed by atoms with Gasteiger partial charge in [0.1, 0.15) is 10.4 Å². The molecule has 0 aromatic carbocycles. The molecule has 0 N–H and O–H groups in total. The third-order valence-corrected chi connectivity index (χ3v) is 3.51. The molecule has 5 heteroatoms. The van der Waals surface area contributed by atoms with E-state index in [1.165, 1.54) is 5.82 Å². The number of aromatic nitrogens is 2. The van der Waals surface area contributed by atoms with Gasteiger partial charge in [-0.05, 0) is 29.9 Å². The van der Waals surface area contributed by atoms with Gasteiger partial charge >= 0.3 is 0 Å². The summed E-state index contributed by atoms with van der Waals surface area (Å²) >= 11 is 3.44. The first-order valence-corrected chi connectivity index (χ1v) is 6.60. The predicted octanol–water partition coefficient (Wildman–Crippen LogP) is 1.41. The van der Waals surface area contributed by atoms with Crippen LogP contribution in [-0.2, 0) is 13.1 Å². The standard InChI is InChI=1S/C11H19BrN4/c1-3-16-8-10(12)13-11(16)9-15-6-4-14(2)5-7-15/h8H,3-7,9H2,1-2H3. The summed E-state index contributed by atoms with van der Waals surface area (Å²) in [4.78, 5) is 9.37. The molecule has 1 aromatic heterocycles. The van der Waals surface area contributed by atoms with Crippen LogP contribution in [0.4, 0.5) is 0 Å². The van der Waals surface area contributed by atoms with Gasteiger partial charge in [0, 0.05) is 38.9 Å². The van der Waals surface area contributed by atoms with Crippen LogP contribution in [-0.4, -0.2) is 52.6 Å². The van der Waals surface area contributed by atoms with Crippen LogP contribution < -0.4 is 0 Å². The van der Waals surface area contributed by atoms with Gasteiger partial charge in [0.15, 0.2) is 0 Å². The van der Waals surface area contributed by atoms with Crippen molar-refractivity contribution >= 4 is 15.9 Å². The zero-order valence-corrected chi connectivity index (χ0v) is 11.6. The van der Waals surface area contributed by atoms with Crippen molar-refractivity contribution in [1.29, 1.82) is 0 Å². The lowest BCUT2D eigenvalue weighted by Crippen LogP contribution is -2.44. The molecule has 1 saturated heterocycles. The Bertz CT molecular complexity index is 342. The summed E-state index contributed by atoms with van der Waals surface area (Å²) in [5, 5.41) is 0. The third-order valence-electron chi connectivity index (χ3n) is 3.13. The zero-order valence-electron chi connectivity index (χ0n) is 9.99. The SMILES string of the molecule is CCn1cc(Br)nc1CN1CCN(C)CC1. The first kappa shape index (κ1) is 12.1. The molecular formula is C11H19BrN4. The van der Waals surface area contributed by atoms with Crippen molar-refractivity contribution in [3.63, 3.8) is 0 Å². The van der Waals surface area contributed by atoms with Crippen molar-refractivity contribution in [2.75, 3.05) is 33.2 Å². The van der Waals surface area contributed by atoms with E-state index in [-0.39, 0.29) is 0 Å². The minimum absolute atomic E-state index is 0.943. The van der Waals surface area contributed by atoms with Gasteiger partial charge in [-0.1, -0.05) is 0 Å². The van der Waals surface area contributed by atoms with Gasteiger partial charge in [0.2, 0.25) is 0 Å². The Balaban J connectivity index is 1.97. The van der Waals surface area contributed by atoms with Crippen molar-refractivity contribution in [2.45, 2.75) is 20.0 Å². The van der Waals surface area contributed by atoms with E-state index in [0.29, 0.717) is 0 Å². The number of imidazole rings is 1. The van der Waals surface area contributed by atoms with E-state index in [2.05, 4.69) is 55.4 Å². The van der Waals surface area contributed by atoms with Gasteiger partial charge in [-0.25, -0.2) is 4.98 Å². The monoisotopic (exact) mass is 286 g/mol. The van der Waals surface area contributed by atoms with Crippen molar-refractivity contribution in [1.82, 2.24) is 19.4 Å². The van der Waals surface area contributed by atoms with Crippen LogP contribution in [0.15, 0.2) is 10.8 Å². The Morgan fingerprint density at radius 2 is 2.00 bits per heavy atom. The van der Waals surface area contributed by atoms with Gasteiger partial charge in [-0.3, -0.25) is 4.90 Å². The summed E-state index contributed by atoms with van der Waals surface area (Å²) in [6.07, 6.45) is 2.06. The highest BCUT2D eigenvalue weighted by Gasteiger charge is 2.16. The van der Waals surface area contributed by atoms with Gasteiger partial charge in [-0.2, -0.15) is 0 Å². The fraction of sp³-hybridized carbons (Fsp3) is 0.727. The molecule has 0 radical (unpaired) electrons. The fourth-order valence-electron chi connectivity index (χ4n) is 2.03. The van der Waals surface area contributed by atoms with E-state index in [1.807, 2.05) is 0 Å². The molecule has 1 aromatic rings. The summed E-state index contributed by atoms with van der Waals surface area (Å²) in [5.41, 5.74) is 0. The van der Waals surface area contributed by atoms with E-state index >= 15 is 0 Å². The fourth-order valence-corrected chi connectivity index (χ4v) is 2.48. The van der Waals surface area contributed by atoms with E-state index in [9.17, 15) is 0 Å². The van der Waals surface area contributed by atoms with Gasteiger partial charge in [0.05, 0.1) is 6.54 Å². The molecule has 0 unspecified atom stereocenters. The maximum Gasteiger partial charge on any atom is 0.124 e. The van der Waals surface area contributed by atoms with Crippen LogP contribution in [0.3, 0.4) is 0 Å². The van der Waals surface area contributed by atoms with Crippen LogP contribution in [0.5, 0.6) is 0 Å². The topological polar surface area (TPSA) is 24.3 Å². The summed E-state index contributed by atoms with van der Waals surface area (Å²) in [6.45, 7) is 8.72. The van der Waals surface area contributed by atoms with Gasteiger partial charge in [-0.15, -0.1) is 0 Å². The number of nitrogens with zero attached hydrogens (tertiary/aromatic N) is 4. The Morgan fingerprint density at radius 1 is 1.31 bits per heavy atom. The minimum atomic E-state index is 0.943. The Kier molecular flexibility index (Phi) is 4.00. The molecule has 2 heterocycles. The highest BCUT2D eigenvalue weighted by molar-refractivity contribution is 9.10. The molecule has 90 valence electrons. The predicted molar refractivity (Wildman–Crippen MR) is 68.4 cm³/mol. The van der Waals surface area contributed by atoms with Crippen LogP contribution in [0.1, 0.15) is 12.7 Å². The maximum absolute atomic E-state index is 4.52. The lowest BCUT2D eigenvalue weighted by Gasteiger charge is -2.32. The van der Waals surface area contributed by atoms with Gasteiger partial charge < -0.3 is 9.47 Å². The summed E-state index contributed by atoms with van der Waals surface area (Å²) < 4.78 is 3.15. The molecule has 0 amide bonds. The zero-order chi connectivity index (χ0) is 11.5. The molecule has 0 aliphatic carbocycles. The number of halogens is 1. The highest BCUT2D eigenvalue weighted by atomic mass is 79.9. The second-order valence-corrected chi connectivity index (χ2v) is 5.16. The average molecular weight is 287 g/mol. The largest absolute Gasteiger partial charge is 0.333 e. The van der Waals surface area contributed by atoms with Crippen molar-refractivity contribution in [3.8, 4) is 0 Å². The van der Waals surface area contributed by atoms with Crippen molar-refractivity contribution in [3.05, 3.63) is 16.6 Å². The lowest BCUT2D eigenvalue weighted by molar-refractivity contribution is 0.144. The first-order valence-electron chi connectivity index (χ1n) is 5.81. The van der Waals surface area contributed by atoms with E-state index < -0.39 is 0 Å². The Labute approximate surface area is 105 Å². The smallest absolute Gasteiger partial charge is 0.124 e. The van der Waals surface area contributed by atoms with Crippen LogP contribution in [0, 0.1) is 0 Å². The maximum atomic E-state index is 4.52. The third kappa shape index (κ3) is 2.84. The molecule has 2 rings (SSSR count). The number of aryl methyl sites for hydroxylation is 1. The van der Waals surface area contributed by atoms with Crippen LogP contribution >= 0.6 is 15.9 Å². The first-order chi connectivity index (χ1) is 7.69. The van der Waals surface area contributed by atoms with E-state index in [1.54, 1.807) is 0 Å². The minimum Gasteiger partial charge on any atom is -0.333 e. The second kappa shape index (κ2) is 5.29. The molecule has 16 heavy (non-hydrogen) atoms. The number of hydrogen-bond donors (Lipinski definition) is 0. The Morgan fingerprint density at radius 3 is 2.62 bits per heavy atom. The lowest BCUT2D eigenvalue weighted by atomic mass is 10.3. The molecule has 1 aliphatic heterocycles. The second-order valence-electron chi connectivity index (χ2n) is 4.35. The quantitative estimate of drug-likeness (QED) is 0.840. The van der Waals surface area contributed by atoms with Crippen molar-refractivity contribution in [2.24, 2.45) is 0 Å². The molecule has 0 spiro atoms. The normalized spacial score (nSPS) is 19.2. The molecule has 1 aliphatic rings. The summed E-state index contributed by atoms with van der Waals surface area (Å²) in [7, 11) is 2.18. The molecular weight excluding hydrogens is 268 g/mol. The average Bonchev–Trinajstić information content (AvgIpc) is 2.62. The van der Waals surface area contributed by atoms with Gasteiger partial charge in [0.25, 0.3) is 0 Å². The van der Waals surface area contributed by atoms with Crippen LogP contribution in [0.2, 0.25) is 0 Å². The number of hydrogen-bond acceptors (Lipinski definition) is 3.